The van der Waals surface area contributed by atoms with E-state index in [2.05, 4.69) is 43.6 Å². The lowest BCUT2D eigenvalue weighted by Crippen LogP contribution is -2.37. The lowest BCUT2D eigenvalue weighted by atomic mass is 9.92. The number of piperidine rings is 1. The zero-order chi connectivity index (χ0) is 23.9. The molecule has 0 aliphatic carbocycles. The van der Waals surface area contributed by atoms with Gasteiger partial charge in [-0.25, -0.2) is 14.2 Å². The number of benzene rings is 1. The van der Waals surface area contributed by atoms with Gasteiger partial charge in [0, 0.05) is 41.8 Å². The quantitative estimate of drug-likeness (QED) is 0.407. The van der Waals surface area contributed by atoms with Crippen molar-refractivity contribution in [2.45, 2.75) is 25.7 Å². The van der Waals surface area contributed by atoms with Crippen molar-refractivity contribution in [2.24, 2.45) is 0 Å². The van der Waals surface area contributed by atoms with Gasteiger partial charge in [0.05, 0.1) is 36.3 Å². The Hall–Kier alpha value is -2.86. The Morgan fingerprint density at radius 1 is 1.17 bits per heavy atom. The van der Waals surface area contributed by atoms with Gasteiger partial charge in [-0.05, 0) is 38.9 Å². The SMILES string of the molecule is Cc1nc2c(N3CCOCC3)nc(-c3cccc4[nH]ncc34)cn2c1C1CCN(CS(=O)O)CC1. The summed E-state index contributed by atoms with van der Waals surface area (Å²) in [6, 6.07) is 6.14. The van der Waals surface area contributed by atoms with Gasteiger partial charge < -0.3 is 14.2 Å². The second-order valence-corrected chi connectivity index (χ2v) is 10.2. The van der Waals surface area contributed by atoms with E-state index in [1.54, 1.807) is 0 Å². The summed E-state index contributed by atoms with van der Waals surface area (Å²) in [7, 11) is 0. The van der Waals surface area contributed by atoms with E-state index in [0.29, 0.717) is 19.1 Å². The summed E-state index contributed by atoms with van der Waals surface area (Å²) < 4.78 is 28.4. The molecule has 0 radical (unpaired) electrons. The molecule has 2 aliphatic heterocycles. The van der Waals surface area contributed by atoms with Crippen molar-refractivity contribution in [2.75, 3.05) is 50.2 Å². The molecule has 10 nitrogen and oxygen atoms in total. The molecule has 0 bridgehead atoms. The summed E-state index contributed by atoms with van der Waals surface area (Å²) in [5.41, 5.74) is 6.00. The average molecular weight is 496 g/mol. The Balaban J connectivity index is 1.47. The molecule has 2 fully saturated rings. The minimum absolute atomic E-state index is 0.211. The van der Waals surface area contributed by atoms with Crippen molar-refractivity contribution in [1.82, 2.24) is 29.5 Å². The van der Waals surface area contributed by atoms with Crippen molar-refractivity contribution >= 4 is 33.4 Å². The number of hydrogen-bond donors (Lipinski definition) is 2. The van der Waals surface area contributed by atoms with Crippen LogP contribution in [0.3, 0.4) is 0 Å². The van der Waals surface area contributed by atoms with E-state index in [1.807, 2.05) is 18.3 Å². The fourth-order valence-corrected chi connectivity index (χ4v) is 6.02. The number of likely N-dealkylation sites (tertiary alicyclic amines) is 1. The van der Waals surface area contributed by atoms with E-state index < -0.39 is 11.1 Å². The van der Waals surface area contributed by atoms with E-state index in [4.69, 9.17) is 14.7 Å². The van der Waals surface area contributed by atoms with Crippen molar-refractivity contribution in [3.05, 3.63) is 42.0 Å². The fraction of sp³-hybridized carbons (Fsp3) is 0.458. The molecule has 2 aliphatic rings. The van der Waals surface area contributed by atoms with E-state index in [0.717, 1.165) is 78.3 Å². The van der Waals surface area contributed by atoms with Gasteiger partial charge in [0.25, 0.3) is 0 Å². The smallest absolute Gasteiger partial charge is 0.180 e. The highest BCUT2D eigenvalue weighted by Crippen LogP contribution is 2.35. The maximum atomic E-state index is 11.3. The lowest BCUT2D eigenvalue weighted by Gasteiger charge is -2.31. The van der Waals surface area contributed by atoms with Crippen molar-refractivity contribution in [1.29, 1.82) is 0 Å². The van der Waals surface area contributed by atoms with Crippen LogP contribution in [0.2, 0.25) is 0 Å². The van der Waals surface area contributed by atoms with Crippen LogP contribution in [0.1, 0.15) is 30.1 Å². The van der Waals surface area contributed by atoms with Crippen molar-refractivity contribution in [3.8, 4) is 11.3 Å². The number of aryl methyl sites for hydroxylation is 1. The Labute approximate surface area is 205 Å². The van der Waals surface area contributed by atoms with Gasteiger partial charge in [-0.2, -0.15) is 5.10 Å². The number of aromatic nitrogens is 5. The molecule has 5 heterocycles. The van der Waals surface area contributed by atoms with Crippen LogP contribution in [-0.4, -0.2) is 83.5 Å². The summed E-state index contributed by atoms with van der Waals surface area (Å²) >= 11 is -1.80. The minimum Gasteiger partial charge on any atom is -0.378 e. The van der Waals surface area contributed by atoms with Crippen LogP contribution in [0.4, 0.5) is 5.82 Å². The first kappa shape index (κ1) is 22.6. The summed E-state index contributed by atoms with van der Waals surface area (Å²) in [5, 5.41) is 8.34. The third-order valence-electron chi connectivity index (χ3n) is 7.15. The molecule has 2 saturated heterocycles. The summed E-state index contributed by atoms with van der Waals surface area (Å²) in [6.45, 7) is 6.58. The number of morpholine rings is 1. The molecule has 1 aromatic carbocycles. The third-order valence-corrected chi connectivity index (χ3v) is 7.73. The van der Waals surface area contributed by atoms with Gasteiger partial charge in [-0.1, -0.05) is 12.1 Å². The van der Waals surface area contributed by atoms with Gasteiger partial charge >= 0.3 is 0 Å². The van der Waals surface area contributed by atoms with Crippen LogP contribution in [0.5, 0.6) is 0 Å². The Bertz CT molecular complexity index is 1390. The third kappa shape index (κ3) is 4.22. The molecule has 1 atom stereocenters. The highest BCUT2D eigenvalue weighted by atomic mass is 32.2. The number of nitrogens with zero attached hydrogens (tertiary/aromatic N) is 6. The van der Waals surface area contributed by atoms with E-state index >= 15 is 0 Å². The molecule has 3 aromatic heterocycles. The van der Waals surface area contributed by atoms with Crippen LogP contribution >= 0.6 is 0 Å². The highest BCUT2D eigenvalue weighted by molar-refractivity contribution is 7.79. The standard InChI is InChI=1S/C24H29N7O3S/c1-16-22(17-5-7-29(8-6-17)15-35(32)33)31-14-21(18-3-2-4-20-19(18)13-25-28-20)27-23(24(31)26-16)30-9-11-34-12-10-30/h2-4,13-14,17H,5-12,15H2,1H3,(H,25,28)(H,32,33). The first-order valence-electron chi connectivity index (χ1n) is 12.0. The normalized spacial score (nSPS) is 19.1. The van der Waals surface area contributed by atoms with E-state index in [9.17, 15) is 8.76 Å². The first-order valence-corrected chi connectivity index (χ1v) is 13.3. The van der Waals surface area contributed by atoms with Crippen LogP contribution in [0, 0.1) is 6.92 Å². The average Bonchev–Trinajstić information content (AvgIpc) is 3.48. The predicted molar refractivity (Wildman–Crippen MR) is 135 cm³/mol. The zero-order valence-corrected chi connectivity index (χ0v) is 20.5. The summed E-state index contributed by atoms with van der Waals surface area (Å²) in [6.07, 6.45) is 5.82. The molecule has 0 spiro atoms. The van der Waals surface area contributed by atoms with Crippen LogP contribution in [-0.2, 0) is 15.8 Å². The first-order chi connectivity index (χ1) is 17.1. The molecule has 11 heteroatoms. The second-order valence-electron chi connectivity index (χ2n) is 9.30. The number of hydrogen-bond acceptors (Lipinski definition) is 7. The predicted octanol–water partition coefficient (Wildman–Crippen LogP) is 2.78. The van der Waals surface area contributed by atoms with Crippen LogP contribution < -0.4 is 4.90 Å². The maximum absolute atomic E-state index is 11.3. The summed E-state index contributed by atoms with van der Waals surface area (Å²) in [4.78, 5) is 14.5. The van der Waals surface area contributed by atoms with Crippen LogP contribution in [0.15, 0.2) is 30.6 Å². The molecule has 0 saturated carbocycles. The molecule has 6 rings (SSSR count). The molecule has 1 unspecified atom stereocenters. The molecule has 35 heavy (non-hydrogen) atoms. The Morgan fingerprint density at radius 3 is 2.74 bits per heavy atom. The number of H-pyrrole nitrogens is 1. The van der Waals surface area contributed by atoms with E-state index in [-0.39, 0.29) is 5.88 Å². The van der Waals surface area contributed by atoms with Crippen LogP contribution in [0.25, 0.3) is 27.8 Å². The number of rotatable bonds is 5. The molecular weight excluding hydrogens is 466 g/mol. The highest BCUT2D eigenvalue weighted by Gasteiger charge is 2.28. The van der Waals surface area contributed by atoms with Gasteiger partial charge in [-0.15, -0.1) is 0 Å². The van der Waals surface area contributed by atoms with Gasteiger partial charge in [-0.3, -0.25) is 14.4 Å². The van der Waals surface area contributed by atoms with Gasteiger partial charge in [0.1, 0.15) is 5.88 Å². The van der Waals surface area contributed by atoms with Crippen molar-refractivity contribution < 1.29 is 13.5 Å². The number of anilines is 1. The number of aromatic amines is 1. The zero-order valence-electron chi connectivity index (χ0n) is 19.7. The maximum Gasteiger partial charge on any atom is 0.180 e. The topological polar surface area (TPSA) is 112 Å². The van der Waals surface area contributed by atoms with Crippen molar-refractivity contribution in [3.63, 3.8) is 0 Å². The van der Waals surface area contributed by atoms with E-state index in [1.165, 1.54) is 5.69 Å². The number of imidazole rings is 1. The molecule has 4 aromatic rings. The van der Waals surface area contributed by atoms with Gasteiger partial charge in [0.2, 0.25) is 0 Å². The molecule has 0 amide bonds. The largest absolute Gasteiger partial charge is 0.378 e. The van der Waals surface area contributed by atoms with Gasteiger partial charge in [0.15, 0.2) is 22.5 Å². The monoisotopic (exact) mass is 495 g/mol. The number of ether oxygens (including phenoxy) is 1. The lowest BCUT2D eigenvalue weighted by molar-refractivity contribution is 0.122. The number of fused-ring (bicyclic) bond motifs is 2. The molecule has 184 valence electrons. The fourth-order valence-electron chi connectivity index (χ4n) is 5.45. The Kier molecular flexibility index (Phi) is 6.01. The molecular formula is C24H29N7O3S. The summed E-state index contributed by atoms with van der Waals surface area (Å²) in [5.74, 6) is 1.42. The minimum atomic E-state index is -1.80. The second kappa shape index (κ2) is 9.30. The molecule has 2 N–H and O–H groups in total. The Morgan fingerprint density at radius 2 is 1.97 bits per heavy atom. The number of nitrogens with one attached hydrogen (secondary N) is 1.